The molecule has 0 aromatic rings. The second-order valence-electron chi connectivity index (χ2n) is 15.2. The summed E-state index contributed by atoms with van der Waals surface area (Å²) in [5.74, 6) is 1.07. The number of ketones is 1. The summed E-state index contributed by atoms with van der Waals surface area (Å²) in [5.41, 5.74) is -2.02. The molecule has 0 unspecified atom stereocenters. The lowest BCUT2D eigenvalue weighted by atomic mass is 9.35. The molecule has 200 valence electrons. The van der Waals surface area contributed by atoms with Crippen molar-refractivity contribution in [2.24, 2.45) is 45.3 Å². The molecule has 35 heavy (non-hydrogen) atoms. The lowest BCUT2D eigenvalue weighted by Gasteiger charge is -2.70. The Hall–Kier alpha value is -0.490. The van der Waals surface area contributed by atoms with Crippen LogP contribution in [0.15, 0.2) is 0 Å². The highest BCUT2D eigenvalue weighted by molar-refractivity contribution is 5.86. The summed E-state index contributed by atoms with van der Waals surface area (Å²) < 4.78 is 6.54. The molecule has 0 aromatic heterocycles. The van der Waals surface area contributed by atoms with Crippen LogP contribution in [0.4, 0.5) is 0 Å². The molecule has 5 rings (SSSR count). The van der Waals surface area contributed by atoms with Gasteiger partial charge in [0.05, 0.1) is 23.4 Å². The predicted molar refractivity (Wildman–Crippen MR) is 136 cm³/mol. The molecule has 0 spiro atoms. The lowest BCUT2D eigenvalue weighted by molar-refractivity contribution is -0.238. The van der Waals surface area contributed by atoms with Crippen LogP contribution >= 0.6 is 0 Å². The maximum atomic E-state index is 13.9. The molecule has 3 N–H and O–H groups in total. The van der Waals surface area contributed by atoms with Crippen molar-refractivity contribution in [2.45, 2.75) is 130 Å². The third-order valence-corrected chi connectivity index (χ3v) is 12.9. The van der Waals surface area contributed by atoms with Gasteiger partial charge in [0.2, 0.25) is 0 Å². The van der Waals surface area contributed by atoms with Gasteiger partial charge in [0.25, 0.3) is 0 Å². The SMILES string of the molecule is CC(C)(O)[C@H]1CC[C@](C)([C@H]2C(=O)C[C@]3(CO)[C@@H]2CC[C@H]2[C@@]4(C)CC[C@H](O)C(C)(C)[C@@H]4CC[C@]23C)O1. The Morgan fingerprint density at radius 1 is 0.943 bits per heavy atom. The number of fused-ring (bicyclic) bond motifs is 5. The molecule has 1 aliphatic heterocycles. The van der Waals surface area contributed by atoms with Gasteiger partial charge in [0, 0.05) is 24.4 Å². The van der Waals surface area contributed by atoms with Crippen LogP contribution in [0.25, 0.3) is 0 Å². The number of aliphatic hydroxyl groups is 3. The highest BCUT2D eigenvalue weighted by atomic mass is 16.5. The fourth-order valence-corrected chi connectivity index (χ4v) is 11.0. The maximum absolute atomic E-state index is 13.9. The van der Waals surface area contributed by atoms with E-state index in [1.165, 1.54) is 0 Å². The van der Waals surface area contributed by atoms with Gasteiger partial charge in [-0.2, -0.15) is 0 Å². The van der Waals surface area contributed by atoms with Gasteiger partial charge in [0.1, 0.15) is 5.78 Å². The van der Waals surface area contributed by atoms with Crippen molar-refractivity contribution < 1.29 is 24.9 Å². The van der Waals surface area contributed by atoms with Crippen molar-refractivity contribution in [2.75, 3.05) is 6.61 Å². The van der Waals surface area contributed by atoms with E-state index in [1.54, 1.807) is 13.8 Å². The van der Waals surface area contributed by atoms with Crippen LogP contribution in [0, 0.1) is 45.3 Å². The zero-order chi connectivity index (χ0) is 25.8. The zero-order valence-corrected chi connectivity index (χ0v) is 23.2. The quantitative estimate of drug-likeness (QED) is 0.524. The average molecular weight is 491 g/mol. The van der Waals surface area contributed by atoms with Crippen molar-refractivity contribution in [3.63, 3.8) is 0 Å². The second-order valence-corrected chi connectivity index (χ2v) is 15.2. The van der Waals surface area contributed by atoms with Gasteiger partial charge in [-0.25, -0.2) is 0 Å². The van der Waals surface area contributed by atoms with Crippen LogP contribution in [0.2, 0.25) is 0 Å². The molecular formula is C30H50O5. The Morgan fingerprint density at radius 2 is 1.63 bits per heavy atom. The number of carbonyl (C=O) groups excluding carboxylic acids is 1. The van der Waals surface area contributed by atoms with E-state index in [0.29, 0.717) is 18.3 Å². The summed E-state index contributed by atoms with van der Waals surface area (Å²) in [6.45, 7) is 15.1. The second kappa shape index (κ2) is 7.77. The van der Waals surface area contributed by atoms with E-state index in [2.05, 4.69) is 34.6 Å². The Bertz CT molecular complexity index is 876. The summed E-state index contributed by atoms with van der Waals surface area (Å²) >= 11 is 0. The van der Waals surface area contributed by atoms with Crippen molar-refractivity contribution in [3.8, 4) is 0 Å². The Labute approximate surface area is 212 Å². The van der Waals surface area contributed by atoms with Gasteiger partial charge in [-0.3, -0.25) is 4.79 Å². The molecule has 0 radical (unpaired) electrons. The molecule has 0 amide bonds. The number of carbonyl (C=O) groups is 1. The molecule has 5 heteroatoms. The maximum Gasteiger partial charge on any atom is 0.139 e. The van der Waals surface area contributed by atoms with E-state index < -0.39 is 16.6 Å². The molecule has 0 aromatic carbocycles. The fraction of sp³-hybridized carbons (Fsp3) is 0.967. The Morgan fingerprint density at radius 3 is 2.23 bits per heavy atom. The topological polar surface area (TPSA) is 87.0 Å². The van der Waals surface area contributed by atoms with Crippen LogP contribution in [0.5, 0.6) is 0 Å². The summed E-state index contributed by atoms with van der Waals surface area (Å²) in [5, 5.41) is 32.6. The highest BCUT2D eigenvalue weighted by Gasteiger charge is 2.73. The average Bonchev–Trinajstić information content (AvgIpc) is 3.30. The number of Topliss-reactive ketones (excluding diaryl/α,β-unsaturated/α-hetero) is 1. The molecule has 5 fully saturated rings. The van der Waals surface area contributed by atoms with E-state index in [4.69, 9.17) is 4.74 Å². The predicted octanol–water partition coefficient (Wildman–Crippen LogP) is 4.89. The number of rotatable bonds is 3. The van der Waals surface area contributed by atoms with E-state index in [9.17, 15) is 20.1 Å². The van der Waals surface area contributed by atoms with Crippen LogP contribution in [-0.2, 0) is 9.53 Å². The first-order valence-electron chi connectivity index (χ1n) is 14.3. The summed E-state index contributed by atoms with van der Waals surface area (Å²) in [6.07, 6.45) is 7.44. The summed E-state index contributed by atoms with van der Waals surface area (Å²) in [7, 11) is 0. The van der Waals surface area contributed by atoms with Gasteiger partial charge < -0.3 is 20.1 Å². The van der Waals surface area contributed by atoms with Crippen molar-refractivity contribution in [1.29, 1.82) is 0 Å². The van der Waals surface area contributed by atoms with Crippen molar-refractivity contribution in [3.05, 3.63) is 0 Å². The van der Waals surface area contributed by atoms with Crippen molar-refractivity contribution in [1.82, 2.24) is 0 Å². The summed E-state index contributed by atoms with van der Waals surface area (Å²) in [6, 6.07) is 0. The molecule has 5 aliphatic rings. The molecule has 5 nitrogen and oxygen atoms in total. The van der Waals surface area contributed by atoms with Crippen molar-refractivity contribution >= 4 is 5.78 Å². The number of aliphatic hydroxyl groups excluding tert-OH is 2. The molecule has 4 aliphatic carbocycles. The van der Waals surface area contributed by atoms with E-state index >= 15 is 0 Å². The number of ether oxygens (including phenoxy) is 1. The van der Waals surface area contributed by atoms with Crippen LogP contribution < -0.4 is 0 Å². The summed E-state index contributed by atoms with van der Waals surface area (Å²) in [4.78, 5) is 13.9. The number of hydrogen-bond donors (Lipinski definition) is 3. The van der Waals surface area contributed by atoms with E-state index in [1.807, 2.05) is 0 Å². The normalized spacial score (nSPS) is 53.7. The van der Waals surface area contributed by atoms with E-state index in [-0.39, 0.29) is 52.7 Å². The smallest absolute Gasteiger partial charge is 0.139 e. The Kier molecular flexibility index (Phi) is 5.80. The minimum atomic E-state index is -0.928. The van der Waals surface area contributed by atoms with Gasteiger partial charge in [0.15, 0.2) is 0 Å². The minimum absolute atomic E-state index is 0.0602. The first-order valence-corrected chi connectivity index (χ1v) is 14.3. The van der Waals surface area contributed by atoms with Crippen LogP contribution in [0.1, 0.15) is 106 Å². The van der Waals surface area contributed by atoms with Gasteiger partial charge >= 0.3 is 0 Å². The molecule has 0 bridgehead atoms. The van der Waals surface area contributed by atoms with Crippen LogP contribution in [-0.4, -0.2) is 51.1 Å². The largest absolute Gasteiger partial charge is 0.396 e. The lowest BCUT2D eigenvalue weighted by Crippen LogP contribution is -2.65. The monoisotopic (exact) mass is 490 g/mol. The molecule has 4 saturated carbocycles. The van der Waals surface area contributed by atoms with Gasteiger partial charge in [-0.15, -0.1) is 0 Å². The zero-order valence-electron chi connectivity index (χ0n) is 23.2. The third-order valence-electron chi connectivity index (χ3n) is 12.9. The molecule has 10 atom stereocenters. The van der Waals surface area contributed by atoms with Gasteiger partial charge in [-0.05, 0) is 106 Å². The van der Waals surface area contributed by atoms with E-state index in [0.717, 1.165) is 51.4 Å². The minimum Gasteiger partial charge on any atom is -0.396 e. The molecular weight excluding hydrogens is 440 g/mol. The first kappa shape index (κ1) is 26.1. The first-order chi connectivity index (χ1) is 16.1. The standard InChI is InChI=1S/C30H50O5/c1-25(2)20-10-14-28(6)21(27(20,5)13-11-22(25)33)9-8-18-24(19(32)16-30(18,28)17-31)29(7)15-12-23(35-29)26(3,4)34/h18,20-24,31,33-34H,8-17H2,1-7H3/t18-,20+,21+,22+,23-,24-,27+,28-,29-,30+/m1/s1. The van der Waals surface area contributed by atoms with Gasteiger partial charge in [-0.1, -0.05) is 27.7 Å². The fourth-order valence-electron chi connectivity index (χ4n) is 11.0. The molecule has 1 saturated heterocycles. The molecule has 1 heterocycles. The van der Waals surface area contributed by atoms with Crippen LogP contribution in [0.3, 0.4) is 0 Å². The Balaban J connectivity index is 1.51. The number of hydrogen-bond acceptors (Lipinski definition) is 5. The highest BCUT2D eigenvalue weighted by Crippen LogP contribution is 2.75. The third kappa shape index (κ3) is 3.29.